The average molecular weight is 351 g/mol. The third-order valence-electron chi connectivity index (χ3n) is 3.61. The molecule has 0 saturated heterocycles. The zero-order chi connectivity index (χ0) is 17.6. The maximum atomic E-state index is 12.4. The molecule has 0 bridgehead atoms. The van der Waals surface area contributed by atoms with Crippen LogP contribution in [0.25, 0.3) is 0 Å². The van der Waals surface area contributed by atoms with Gasteiger partial charge in [-0.2, -0.15) is 0 Å². The molecule has 0 spiro atoms. The first kappa shape index (κ1) is 16.9. The highest BCUT2D eigenvalue weighted by molar-refractivity contribution is 7.09. The van der Waals surface area contributed by atoms with E-state index in [1.54, 1.807) is 53.8 Å². The molecule has 0 unspecified atom stereocenters. The van der Waals surface area contributed by atoms with Gasteiger partial charge in [-0.3, -0.25) is 9.59 Å². The van der Waals surface area contributed by atoms with E-state index in [1.807, 2.05) is 23.6 Å². The van der Waals surface area contributed by atoms with E-state index in [0.29, 0.717) is 29.2 Å². The molecule has 1 aromatic heterocycles. The summed E-state index contributed by atoms with van der Waals surface area (Å²) >= 11 is 1.63. The first-order valence-corrected chi connectivity index (χ1v) is 8.67. The molecule has 0 aliphatic rings. The Morgan fingerprint density at radius 2 is 1.80 bits per heavy atom. The third-order valence-corrected chi connectivity index (χ3v) is 4.46. The molecule has 0 aliphatic carbocycles. The summed E-state index contributed by atoms with van der Waals surface area (Å²) in [5.41, 5.74) is 1.77. The summed E-state index contributed by atoms with van der Waals surface area (Å²) < 4.78 is 5.73. The van der Waals surface area contributed by atoms with Crippen LogP contribution in [0, 0.1) is 0 Å². The van der Waals surface area contributed by atoms with Crippen molar-refractivity contribution >= 4 is 28.7 Å². The van der Waals surface area contributed by atoms with Crippen molar-refractivity contribution in [3.05, 3.63) is 82.0 Å². The predicted molar refractivity (Wildman–Crippen MR) is 99.5 cm³/mol. The van der Waals surface area contributed by atoms with Crippen molar-refractivity contribution in [3.63, 3.8) is 0 Å². The standard InChI is InChI=1S/C20H17NO3S/c1-14(22)15-7-9-17(10-8-15)21-20(23)16-4-2-5-18(12-16)24-13-19-6-3-11-25-19/h2-12H,13H2,1H3,(H,21,23). The van der Waals surface area contributed by atoms with Crippen LogP contribution in [0.15, 0.2) is 66.0 Å². The zero-order valence-corrected chi connectivity index (χ0v) is 14.5. The lowest BCUT2D eigenvalue weighted by molar-refractivity contribution is 0.101. The Balaban J connectivity index is 1.65. The van der Waals surface area contributed by atoms with Gasteiger partial charge in [0.1, 0.15) is 12.4 Å². The second kappa shape index (κ2) is 7.77. The summed E-state index contributed by atoms with van der Waals surface area (Å²) in [5, 5.41) is 4.82. The molecule has 126 valence electrons. The number of benzene rings is 2. The number of amides is 1. The van der Waals surface area contributed by atoms with Crippen LogP contribution >= 0.6 is 11.3 Å². The van der Waals surface area contributed by atoms with Crippen LogP contribution in [0.3, 0.4) is 0 Å². The first-order valence-electron chi connectivity index (χ1n) is 7.79. The molecule has 25 heavy (non-hydrogen) atoms. The van der Waals surface area contributed by atoms with Crippen LogP contribution in [0.4, 0.5) is 5.69 Å². The second-order valence-electron chi connectivity index (χ2n) is 5.48. The molecule has 3 rings (SSSR count). The lowest BCUT2D eigenvalue weighted by Crippen LogP contribution is -2.12. The summed E-state index contributed by atoms with van der Waals surface area (Å²) in [6.07, 6.45) is 0. The van der Waals surface area contributed by atoms with Crippen LogP contribution < -0.4 is 10.1 Å². The molecule has 1 heterocycles. The summed E-state index contributed by atoms with van der Waals surface area (Å²) in [6, 6.07) is 17.9. The molecule has 2 aromatic carbocycles. The number of ether oxygens (including phenoxy) is 1. The minimum Gasteiger partial charge on any atom is -0.488 e. The van der Waals surface area contributed by atoms with Crippen molar-refractivity contribution in [2.24, 2.45) is 0 Å². The molecule has 0 fully saturated rings. The summed E-state index contributed by atoms with van der Waals surface area (Å²) in [7, 11) is 0. The fourth-order valence-electron chi connectivity index (χ4n) is 2.27. The number of anilines is 1. The van der Waals surface area contributed by atoms with Crippen molar-refractivity contribution in [1.29, 1.82) is 0 Å². The van der Waals surface area contributed by atoms with E-state index in [1.165, 1.54) is 6.92 Å². The summed E-state index contributed by atoms with van der Waals surface area (Å²) in [4.78, 5) is 24.8. The van der Waals surface area contributed by atoms with Crippen molar-refractivity contribution in [1.82, 2.24) is 0 Å². The van der Waals surface area contributed by atoms with E-state index >= 15 is 0 Å². The molecule has 3 aromatic rings. The highest BCUT2D eigenvalue weighted by Crippen LogP contribution is 2.18. The van der Waals surface area contributed by atoms with Crippen LogP contribution in [0.1, 0.15) is 32.5 Å². The Kier molecular flexibility index (Phi) is 5.26. The van der Waals surface area contributed by atoms with Crippen LogP contribution in [-0.4, -0.2) is 11.7 Å². The molecule has 0 atom stereocenters. The van der Waals surface area contributed by atoms with Gasteiger partial charge in [-0.1, -0.05) is 12.1 Å². The molecular weight excluding hydrogens is 334 g/mol. The van der Waals surface area contributed by atoms with Gasteiger partial charge in [-0.15, -0.1) is 11.3 Å². The molecule has 0 aliphatic heterocycles. The third kappa shape index (κ3) is 4.55. The van der Waals surface area contributed by atoms with Gasteiger partial charge >= 0.3 is 0 Å². The van der Waals surface area contributed by atoms with Crippen molar-refractivity contribution < 1.29 is 14.3 Å². The maximum absolute atomic E-state index is 12.4. The number of carbonyl (C=O) groups is 2. The van der Waals surface area contributed by atoms with Gasteiger partial charge in [0.05, 0.1) is 0 Å². The molecule has 0 saturated carbocycles. The second-order valence-corrected chi connectivity index (χ2v) is 6.52. The van der Waals surface area contributed by atoms with Crippen molar-refractivity contribution in [3.8, 4) is 5.75 Å². The van der Waals surface area contributed by atoms with Crippen molar-refractivity contribution in [2.45, 2.75) is 13.5 Å². The minimum absolute atomic E-state index is 0.00605. The normalized spacial score (nSPS) is 10.3. The van der Waals surface area contributed by atoms with Crippen molar-refractivity contribution in [2.75, 3.05) is 5.32 Å². The molecular formula is C20H17NO3S. The van der Waals surface area contributed by atoms with Gasteiger partial charge in [-0.25, -0.2) is 0 Å². The molecule has 4 nitrogen and oxygen atoms in total. The van der Waals surface area contributed by atoms with Gasteiger partial charge in [0.2, 0.25) is 0 Å². The maximum Gasteiger partial charge on any atom is 0.255 e. The first-order chi connectivity index (χ1) is 12.1. The number of hydrogen-bond acceptors (Lipinski definition) is 4. The van der Waals surface area contributed by atoms with Gasteiger partial charge in [0.25, 0.3) is 5.91 Å². The van der Waals surface area contributed by atoms with Gasteiger partial charge in [0.15, 0.2) is 5.78 Å². The summed E-state index contributed by atoms with van der Waals surface area (Å²) in [5.74, 6) is 0.415. The number of ketones is 1. The number of rotatable bonds is 6. The van der Waals surface area contributed by atoms with E-state index in [4.69, 9.17) is 4.74 Å². The SMILES string of the molecule is CC(=O)c1ccc(NC(=O)c2cccc(OCc3cccs3)c2)cc1. The Morgan fingerprint density at radius 1 is 1.00 bits per heavy atom. The quantitative estimate of drug-likeness (QED) is 0.650. The van der Waals surface area contributed by atoms with E-state index in [-0.39, 0.29) is 11.7 Å². The highest BCUT2D eigenvalue weighted by atomic mass is 32.1. The fraction of sp³-hybridized carbons (Fsp3) is 0.100. The topological polar surface area (TPSA) is 55.4 Å². The van der Waals surface area contributed by atoms with E-state index in [2.05, 4.69) is 5.32 Å². The van der Waals surface area contributed by atoms with Crippen LogP contribution in [0.2, 0.25) is 0 Å². The van der Waals surface area contributed by atoms with Crippen LogP contribution in [0.5, 0.6) is 5.75 Å². The Morgan fingerprint density at radius 3 is 2.48 bits per heavy atom. The lowest BCUT2D eigenvalue weighted by Gasteiger charge is -2.08. The lowest BCUT2D eigenvalue weighted by atomic mass is 10.1. The van der Waals surface area contributed by atoms with Gasteiger partial charge in [-0.05, 0) is 60.8 Å². The molecule has 1 amide bonds. The number of thiophene rings is 1. The van der Waals surface area contributed by atoms with E-state index in [0.717, 1.165) is 4.88 Å². The Hall–Kier alpha value is -2.92. The van der Waals surface area contributed by atoms with E-state index in [9.17, 15) is 9.59 Å². The number of carbonyl (C=O) groups excluding carboxylic acids is 2. The van der Waals surface area contributed by atoms with Crippen LogP contribution in [-0.2, 0) is 6.61 Å². The van der Waals surface area contributed by atoms with Gasteiger partial charge in [0, 0.05) is 21.7 Å². The Bertz CT molecular complexity index is 870. The fourth-order valence-corrected chi connectivity index (χ4v) is 2.88. The Labute approximate surface area is 150 Å². The molecule has 0 radical (unpaired) electrons. The monoisotopic (exact) mass is 351 g/mol. The summed E-state index contributed by atoms with van der Waals surface area (Å²) in [6.45, 7) is 1.99. The number of hydrogen-bond donors (Lipinski definition) is 1. The smallest absolute Gasteiger partial charge is 0.255 e. The number of nitrogens with one attached hydrogen (secondary N) is 1. The predicted octanol–water partition coefficient (Wildman–Crippen LogP) is 4.78. The highest BCUT2D eigenvalue weighted by Gasteiger charge is 2.08. The largest absolute Gasteiger partial charge is 0.488 e. The van der Waals surface area contributed by atoms with E-state index < -0.39 is 0 Å². The van der Waals surface area contributed by atoms with Gasteiger partial charge < -0.3 is 10.1 Å². The molecule has 5 heteroatoms. The average Bonchev–Trinajstić information content (AvgIpc) is 3.14. The number of Topliss-reactive ketones (excluding diaryl/α,β-unsaturated/α-hetero) is 1. The molecule has 1 N–H and O–H groups in total. The minimum atomic E-state index is -0.225. The zero-order valence-electron chi connectivity index (χ0n) is 13.7.